The lowest BCUT2D eigenvalue weighted by molar-refractivity contribution is -0.146. The van der Waals surface area contributed by atoms with Gasteiger partial charge in [-0.05, 0) is 17.9 Å². The van der Waals surface area contributed by atoms with Crippen molar-refractivity contribution >= 4 is 17.8 Å². The highest BCUT2D eigenvalue weighted by molar-refractivity contribution is 5.91. The molecule has 1 aromatic carbocycles. The maximum atomic E-state index is 12.7. The molecule has 0 radical (unpaired) electrons. The molecule has 0 heterocycles. The molecule has 1 amide bonds. The second kappa shape index (κ2) is 9.70. The van der Waals surface area contributed by atoms with Crippen LogP contribution < -0.4 is 5.32 Å². The largest absolute Gasteiger partial charge is 0.469 e. The standard InChI is InChI=1S/C18H25NO5/c1-12(2)10-15(18(22)24-4)19-17(21)14(11-16(20)23-3)13-8-6-5-7-9-13/h5-9,12,14-15H,10-11H2,1-4H3,(H,19,21)/t14-,15-/m0/s1. The van der Waals surface area contributed by atoms with E-state index in [9.17, 15) is 14.4 Å². The van der Waals surface area contributed by atoms with E-state index in [0.29, 0.717) is 12.0 Å². The van der Waals surface area contributed by atoms with Crippen molar-refractivity contribution in [2.24, 2.45) is 5.92 Å². The van der Waals surface area contributed by atoms with Crippen molar-refractivity contribution in [2.75, 3.05) is 14.2 Å². The number of carbonyl (C=O) groups is 3. The van der Waals surface area contributed by atoms with E-state index < -0.39 is 29.8 Å². The molecule has 132 valence electrons. The van der Waals surface area contributed by atoms with Gasteiger partial charge in [0.1, 0.15) is 6.04 Å². The van der Waals surface area contributed by atoms with Crippen LogP contribution in [0, 0.1) is 5.92 Å². The maximum absolute atomic E-state index is 12.7. The third-order valence-electron chi connectivity index (χ3n) is 3.63. The van der Waals surface area contributed by atoms with E-state index in [1.54, 1.807) is 24.3 Å². The summed E-state index contributed by atoms with van der Waals surface area (Å²) in [6.07, 6.45) is 0.361. The minimum Gasteiger partial charge on any atom is -0.469 e. The first-order valence-corrected chi connectivity index (χ1v) is 7.89. The molecule has 0 saturated carbocycles. The summed E-state index contributed by atoms with van der Waals surface area (Å²) in [4.78, 5) is 36.2. The summed E-state index contributed by atoms with van der Waals surface area (Å²) in [6.45, 7) is 3.90. The predicted octanol–water partition coefficient (Wildman–Crippen LogP) is 2.04. The molecule has 0 unspecified atom stereocenters. The van der Waals surface area contributed by atoms with Gasteiger partial charge in [0.15, 0.2) is 0 Å². The lowest BCUT2D eigenvalue weighted by Gasteiger charge is -2.22. The molecule has 1 rings (SSSR count). The van der Waals surface area contributed by atoms with E-state index in [4.69, 9.17) is 4.74 Å². The highest BCUT2D eigenvalue weighted by Gasteiger charge is 2.29. The van der Waals surface area contributed by atoms with E-state index in [1.165, 1.54) is 14.2 Å². The second-order valence-electron chi connectivity index (χ2n) is 5.96. The van der Waals surface area contributed by atoms with E-state index in [0.717, 1.165) is 0 Å². The van der Waals surface area contributed by atoms with Crippen molar-refractivity contribution in [3.63, 3.8) is 0 Å². The molecule has 6 heteroatoms. The second-order valence-corrected chi connectivity index (χ2v) is 5.96. The molecule has 6 nitrogen and oxygen atoms in total. The molecule has 0 aliphatic heterocycles. The fourth-order valence-electron chi connectivity index (χ4n) is 2.40. The Kier molecular flexibility index (Phi) is 7.95. The number of ether oxygens (including phenoxy) is 2. The van der Waals surface area contributed by atoms with Crippen LogP contribution >= 0.6 is 0 Å². The number of benzene rings is 1. The minimum absolute atomic E-state index is 0.0953. The number of hydrogen-bond donors (Lipinski definition) is 1. The molecule has 0 fully saturated rings. The quantitative estimate of drug-likeness (QED) is 0.735. The van der Waals surface area contributed by atoms with E-state index in [-0.39, 0.29) is 12.3 Å². The Morgan fingerprint density at radius 2 is 1.67 bits per heavy atom. The van der Waals surface area contributed by atoms with Crippen LogP contribution in [0.3, 0.4) is 0 Å². The third kappa shape index (κ3) is 6.02. The Labute approximate surface area is 142 Å². The smallest absolute Gasteiger partial charge is 0.328 e. The Hall–Kier alpha value is -2.37. The average molecular weight is 335 g/mol. The van der Waals surface area contributed by atoms with Gasteiger partial charge in [-0.2, -0.15) is 0 Å². The van der Waals surface area contributed by atoms with Gasteiger partial charge in [0.25, 0.3) is 0 Å². The Balaban J connectivity index is 2.97. The molecule has 0 aliphatic carbocycles. The van der Waals surface area contributed by atoms with Gasteiger partial charge in [-0.25, -0.2) is 4.79 Å². The number of amides is 1. The van der Waals surface area contributed by atoms with Crippen LogP contribution in [-0.4, -0.2) is 38.1 Å². The van der Waals surface area contributed by atoms with Gasteiger partial charge in [-0.1, -0.05) is 44.2 Å². The number of hydrogen-bond acceptors (Lipinski definition) is 5. The number of carbonyl (C=O) groups excluding carboxylic acids is 3. The molecule has 0 saturated heterocycles. The van der Waals surface area contributed by atoms with Crippen molar-refractivity contribution < 1.29 is 23.9 Å². The lowest BCUT2D eigenvalue weighted by Crippen LogP contribution is -2.44. The zero-order valence-electron chi connectivity index (χ0n) is 14.6. The van der Waals surface area contributed by atoms with E-state index in [2.05, 4.69) is 10.1 Å². The Morgan fingerprint density at radius 1 is 1.04 bits per heavy atom. The van der Waals surface area contributed by atoms with Crippen LogP contribution in [-0.2, 0) is 23.9 Å². The van der Waals surface area contributed by atoms with Crippen molar-refractivity contribution in [1.82, 2.24) is 5.32 Å². The summed E-state index contributed by atoms with van der Waals surface area (Å²) in [6, 6.07) is 8.20. The topological polar surface area (TPSA) is 81.7 Å². The van der Waals surface area contributed by atoms with Gasteiger partial charge in [-0.15, -0.1) is 0 Å². The zero-order chi connectivity index (χ0) is 18.1. The first kappa shape index (κ1) is 19.7. The van der Waals surface area contributed by atoms with Crippen LogP contribution in [0.25, 0.3) is 0 Å². The van der Waals surface area contributed by atoms with Gasteiger partial charge >= 0.3 is 11.9 Å². The van der Waals surface area contributed by atoms with Gasteiger partial charge in [0, 0.05) is 0 Å². The van der Waals surface area contributed by atoms with Crippen molar-refractivity contribution in [3.05, 3.63) is 35.9 Å². The van der Waals surface area contributed by atoms with Crippen LogP contribution in [0.5, 0.6) is 0 Å². The average Bonchev–Trinajstić information content (AvgIpc) is 2.58. The molecule has 0 spiro atoms. The minimum atomic E-state index is -0.744. The molecular formula is C18H25NO5. The first-order chi connectivity index (χ1) is 11.4. The molecule has 1 aromatic rings. The zero-order valence-corrected chi connectivity index (χ0v) is 14.6. The molecule has 0 aromatic heterocycles. The molecule has 2 atom stereocenters. The Bertz CT molecular complexity index is 556. The summed E-state index contributed by atoms with van der Waals surface area (Å²) < 4.78 is 9.44. The fourth-order valence-corrected chi connectivity index (χ4v) is 2.40. The predicted molar refractivity (Wildman–Crippen MR) is 89.2 cm³/mol. The summed E-state index contributed by atoms with van der Waals surface area (Å²) in [5.41, 5.74) is 0.688. The SMILES string of the molecule is COC(=O)C[C@H](C(=O)N[C@@H](CC(C)C)C(=O)OC)c1ccccc1. The van der Waals surface area contributed by atoms with Crippen LogP contribution in [0.2, 0.25) is 0 Å². The lowest BCUT2D eigenvalue weighted by atomic mass is 9.94. The first-order valence-electron chi connectivity index (χ1n) is 7.89. The summed E-state index contributed by atoms with van der Waals surface area (Å²) in [5, 5.41) is 2.71. The molecule has 0 bridgehead atoms. The number of nitrogens with one attached hydrogen (secondary N) is 1. The number of methoxy groups -OCH3 is 2. The normalized spacial score (nSPS) is 13.0. The van der Waals surface area contributed by atoms with Crippen LogP contribution in [0.4, 0.5) is 0 Å². The third-order valence-corrected chi connectivity index (χ3v) is 3.63. The van der Waals surface area contributed by atoms with Crippen LogP contribution in [0.15, 0.2) is 30.3 Å². The van der Waals surface area contributed by atoms with Gasteiger partial charge in [-0.3, -0.25) is 9.59 Å². The molecule has 24 heavy (non-hydrogen) atoms. The summed E-state index contributed by atoms with van der Waals surface area (Å²) in [5.74, 6) is -1.91. The maximum Gasteiger partial charge on any atom is 0.328 e. The monoisotopic (exact) mass is 335 g/mol. The number of rotatable bonds is 8. The van der Waals surface area contributed by atoms with Crippen LogP contribution in [0.1, 0.15) is 38.2 Å². The summed E-state index contributed by atoms with van der Waals surface area (Å²) in [7, 11) is 2.56. The molecule has 0 aliphatic rings. The van der Waals surface area contributed by atoms with Gasteiger partial charge in [0.2, 0.25) is 5.91 Å². The highest BCUT2D eigenvalue weighted by atomic mass is 16.5. The molecule has 1 N–H and O–H groups in total. The van der Waals surface area contributed by atoms with Crippen molar-refractivity contribution in [3.8, 4) is 0 Å². The van der Waals surface area contributed by atoms with Crippen molar-refractivity contribution in [2.45, 2.75) is 38.6 Å². The van der Waals surface area contributed by atoms with E-state index >= 15 is 0 Å². The summed E-state index contributed by atoms with van der Waals surface area (Å²) >= 11 is 0. The van der Waals surface area contributed by atoms with Crippen molar-refractivity contribution in [1.29, 1.82) is 0 Å². The highest BCUT2D eigenvalue weighted by Crippen LogP contribution is 2.21. The van der Waals surface area contributed by atoms with Gasteiger partial charge < -0.3 is 14.8 Å². The van der Waals surface area contributed by atoms with E-state index in [1.807, 2.05) is 19.9 Å². The molecular weight excluding hydrogens is 310 g/mol. The number of esters is 2. The fraction of sp³-hybridized carbons (Fsp3) is 0.500. The Morgan fingerprint density at radius 3 is 2.17 bits per heavy atom. The van der Waals surface area contributed by atoms with Gasteiger partial charge in [0.05, 0.1) is 26.6 Å².